The molecule has 21 heavy (non-hydrogen) atoms. The average molecular weight is 291 g/mol. The third kappa shape index (κ3) is 6.40. The second kappa shape index (κ2) is 8.42. The van der Waals surface area contributed by atoms with Gasteiger partial charge in [0.2, 0.25) is 11.8 Å². The van der Waals surface area contributed by atoms with Gasteiger partial charge in [0.05, 0.1) is 0 Å². The lowest BCUT2D eigenvalue weighted by molar-refractivity contribution is -0.134. The van der Waals surface area contributed by atoms with Gasteiger partial charge in [0.15, 0.2) is 0 Å². The van der Waals surface area contributed by atoms with Crippen LogP contribution >= 0.6 is 0 Å². The smallest absolute Gasteiger partial charge is 0.244 e. The first-order valence-electron chi connectivity index (χ1n) is 7.20. The second-order valence-electron chi connectivity index (χ2n) is 5.56. The first-order valence-corrected chi connectivity index (χ1v) is 7.20. The molecule has 0 saturated heterocycles. The van der Waals surface area contributed by atoms with Crippen LogP contribution in [0, 0.1) is 0 Å². The number of carbonyl (C=O) groups excluding carboxylic acids is 2. The highest BCUT2D eigenvalue weighted by Gasteiger charge is 2.22. The van der Waals surface area contributed by atoms with Gasteiger partial charge in [-0.25, -0.2) is 0 Å². The normalized spacial score (nSPS) is 13.3. The van der Waals surface area contributed by atoms with Crippen molar-refractivity contribution < 1.29 is 9.59 Å². The van der Waals surface area contributed by atoms with Gasteiger partial charge in [-0.05, 0) is 18.9 Å². The van der Waals surface area contributed by atoms with E-state index in [0.29, 0.717) is 19.3 Å². The van der Waals surface area contributed by atoms with E-state index in [0.717, 1.165) is 5.56 Å². The first kappa shape index (κ1) is 17.2. The van der Waals surface area contributed by atoms with Gasteiger partial charge in [-0.3, -0.25) is 9.59 Å². The maximum Gasteiger partial charge on any atom is 0.244 e. The largest absolute Gasteiger partial charge is 0.347 e. The summed E-state index contributed by atoms with van der Waals surface area (Å²) in [5.74, 6) is -0.239. The van der Waals surface area contributed by atoms with Crippen molar-refractivity contribution in [3.8, 4) is 0 Å². The summed E-state index contributed by atoms with van der Waals surface area (Å²) in [6, 6.07) is 9.10. The van der Waals surface area contributed by atoms with Crippen molar-refractivity contribution in [3.63, 3.8) is 0 Å². The quantitative estimate of drug-likeness (QED) is 0.784. The van der Waals surface area contributed by atoms with Crippen LogP contribution in [0.4, 0.5) is 0 Å². The number of nitrogens with one attached hydrogen (secondary N) is 1. The molecule has 116 valence electrons. The lowest BCUT2D eigenvalue weighted by atomic mass is 10.0. The third-order valence-electron chi connectivity index (χ3n) is 3.18. The van der Waals surface area contributed by atoms with E-state index in [9.17, 15) is 9.59 Å². The number of likely N-dealkylation sites (N-methyl/N-ethyl adjacent to an activating group) is 1. The molecule has 1 rings (SSSR count). The molecule has 0 fully saturated rings. The summed E-state index contributed by atoms with van der Waals surface area (Å²) in [6.45, 7) is 1.86. The Morgan fingerprint density at radius 2 is 1.86 bits per heavy atom. The molecule has 0 aliphatic carbocycles. The number of carbonyl (C=O) groups is 2. The molecule has 3 N–H and O–H groups in total. The summed E-state index contributed by atoms with van der Waals surface area (Å²) in [7, 11) is 3.38. The lowest BCUT2D eigenvalue weighted by Crippen LogP contribution is -2.47. The molecule has 1 aromatic carbocycles. The summed E-state index contributed by atoms with van der Waals surface area (Å²) in [5.41, 5.74) is 6.67. The van der Waals surface area contributed by atoms with E-state index in [1.807, 2.05) is 37.3 Å². The van der Waals surface area contributed by atoms with Gasteiger partial charge < -0.3 is 16.0 Å². The summed E-state index contributed by atoms with van der Waals surface area (Å²) in [5, 5.41) is 2.82. The van der Waals surface area contributed by atoms with Gasteiger partial charge in [-0.15, -0.1) is 0 Å². The number of nitrogens with zero attached hydrogens (tertiary/aromatic N) is 1. The van der Waals surface area contributed by atoms with Crippen molar-refractivity contribution >= 4 is 11.8 Å². The number of hydrogen-bond donors (Lipinski definition) is 2. The van der Waals surface area contributed by atoms with Crippen LogP contribution in [0.1, 0.15) is 25.3 Å². The average Bonchev–Trinajstić information content (AvgIpc) is 2.44. The number of rotatable bonds is 7. The van der Waals surface area contributed by atoms with Crippen LogP contribution in [-0.2, 0) is 16.0 Å². The molecule has 0 aliphatic rings. The van der Waals surface area contributed by atoms with Gasteiger partial charge in [0.25, 0.3) is 0 Å². The standard InChI is InChI=1S/C16H25N3O2/c1-12(17)9-10-15(20)18-14(16(21)19(2)3)11-13-7-5-4-6-8-13/h4-8,12,14H,9-11,17H2,1-3H3,(H,18,20). The monoisotopic (exact) mass is 291 g/mol. The molecular weight excluding hydrogens is 266 g/mol. The van der Waals surface area contributed by atoms with E-state index < -0.39 is 6.04 Å². The van der Waals surface area contributed by atoms with E-state index in [4.69, 9.17) is 5.73 Å². The Labute approximate surface area is 126 Å². The molecule has 5 heteroatoms. The van der Waals surface area contributed by atoms with E-state index >= 15 is 0 Å². The SMILES string of the molecule is CC(N)CCC(=O)NC(Cc1ccccc1)C(=O)N(C)C. The number of benzene rings is 1. The molecule has 0 saturated carbocycles. The molecule has 0 heterocycles. The highest BCUT2D eigenvalue weighted by molar-refractivity contribution is 5.87. The molecule has 0 spiro atoms. The molecule has 2 atom stereocenters. The Bertz CT molecular complexity index is 458. The molecule has 0 aromatic heterocycles. The van der Waals surface area contributed by atoms with Gasteiger partial charge in [-0.2, -0.15) is 0 Å². The zero-order chi connectivity index (χ0) is 15.8. The minimum Gasteiger partial charge on any atom is -0.347 e. The molecule has 0 bridgehead atoms. The first-order chi connectivity index (χ1) is 9.90. The van der Waals surface area contributed by atoms with Crippen LogP contribution in [0.15, 0.2) is 30.3 Å². The molecule has 1 aromatic rings. The van der Waals surface area contributed by atoms with E-state index in [2.05, 4.69) is 5.32 Å². The maximum absolute atomic E-state index is 12.2. The van der Waals surface area contributed by atoms with Gasteiger partial charge in [0, 0.05) is 33.0 Å². The minimum atomic E-state index is -0.539. The maximum atomic E-state index is 12.2. The molecule has 0 radical (unpaired) electrons. The Hall–Kier alpha value is -1.88. The van der Waals surface area contributed by atoms with Crippen LogP contribution in [0.25, 0.3) is 0 Å². The Balaban J connectivity index is 2.69. The van der Waals surface area contributed by atoms with Crippen molar-refractivity contribution in [2.24, 2.45) is 5.73 Å². The zero-order valence-corrected chi connectivity index (χ0v) is 13.0. The van der Waals surface area contributed by atoms with Crippen LogP contribution in [0.3, 0.4) is 0 Å². The predicted octanol–water partition coefficient (Wildman–Crippen LogP) is 0.930. The van der Waals surface area contributed by atoms with Crippen molar-refractivity contribution in [3.05, 3.63) is 35.9 Å². The lowest BCUT2D eigenvalue weighted by Gasteiger charge is -2.22. The van der Waals surface area contributed by atoms with Crippen molar-refractivity contribution in [1.82, 2.24) is 10.2 Å². The highest BCUT2D eigenvalue weighted by Crippen LogP contribution is 2.06. The summed E-state index contributed by atoms with van der Waals surface area (Å²) in [6.07, 6.45) is 1.44. The van der Waals surface area contributed by atoms with Crippen molar-refractivity contribution in [2.75, 3.05) is 14.1 Å². The third-order valence-corrected chi connectivity index (χ3v) is 3.18. The molecule has 2 amide bonds. The Morgan fingerprint density at radius 1 is 1.24 bits per heavy atom. The molecule has 5 nitrogen and oxygen atoms in total. The van der Waals surface area contributed by atoms with E-state index in [1.54, 1.807) is 14.1 Å². The number of hydrogen-bond acceptors (Lipinski definition) is 3. The number of amides is 2. The zero-order valence-electron chi connectivity index (χ0n) is 13.0. The number of nitrogens with two attached hydrogens (primary N) is 1. The molecular formula is C16H25N3O2. The second-order valence-corrected chi connectivity index (χ2v) is 5.56. The van der Waals surface area contributed by atoms with Gasteiger partial charge in [0.1, 0.15) is 6.04 Å². The Morgan fingerprint density at radius 3 is 2.38 bits per heavy atom. The van der Waals surface area contributed by atoms with Crippen LogP contribution in [-0.4, -0.2) is 42.9 Å². The van der Waals surface area contributed by atoms with Crippen LogP contribution in [0.2, 0.25) is 0 Å². The predicted molar refractivity (Wildman–Crippen MR) is 83.7 cm³/mol. The van der Waals surface area contributed by atoms with Crippen molar-refractivity contribution in [2.45, 2.75) is 38.3 Å². The molecule has 2 unspecified atom stereocenters. The summed E-state index contributed by atoms with van der Waals surface area (Å²) < 4.78 is 0. The van der Waals surface area contributed by atoms with Gasteiger partial charge >= 0.3 is 0 Å². The van der Waals surface area contributed by atoms with E-state index in [1.165, 1.54) is 4.90 Å². The fourth-order valence-electron chi connectivity index (χ4n) is 1.99. The fraction of sp³-hybridized carbons (Fsp3) is 0.500. The fourth-order valence-corrected chi connectivity index (χ4v) is 1.99. The van der Waals surface area contributed by atoms with Gasteiger partial charge in [-0.1, -0.05) is 30.3 Å². The van der Waals surface area contributed by atoms with Crippen LogP contribution in [0.5, 0.6) is 0 Å². The van der Waals surface area contributed by atoms with Crippen molar-refractivity contribution in [1.29, 1.82) is 0 Å². The van der Waals surface area contributed by atoms with Crippen LogP contribution < -0.4 is 11.1 Å². The molecule has 0 aliphatic heterocycles. The topological polar surface area (TPSA) is 75.4 Å². The highest BCUT2D eigenvalue weighted by atomic mass is 16.2. The summed E-state index contributed by atoms with van der Waals surface area (Å²) >= 11 is 0. The Kier molecular flexibility index (Phi) is 6.88. The van der Waals surface area contributed by atoms with E-state index in [-0.39, 0.29) is 17.9 Å². The minimum absolute atomic E-state index is 0.0205. The summed E-state index contributed by atoms with van der Waals surface area (Å²) in [4.78, 5) is 25.6.